The van der Waals surface area contributed by atoms with Crippen LogP contribution in [0.15, 0.2) is 24.3 Å². The summed E-state index contributed by atoms with van der Waals surface area (Å²) in [4.78, 5) is 28.6. The van der Waals surface area contributed by atoms with Crippen LogP contribution in [0.3, 0.4) is 0 Å². The smallest absolute Gasteiger partial charge is 0.222 e. The molecule has 1 aliphatic rings. The van der Waals surface area contributed by atoms with Crippen molar-refractivity contribution in [3.8, 4) is 0 Å². The van der Waals surface area contributed by atoms with Crippen molar-refractivity contribution in [1.82, 2.24) is 15.1 Å². The molecule has 1 heterocycles. The predicted octanol–water partition coefficient (Wildman–Crippen LogP) is 3.08. The van der Waals surface area contributed by atoms with E-state index in [2.05, 4.69) is 48.3 Å². The van der Waals surface area contributed by atoms with Gasteiger partial charge in [-0.2, -0.15) is 0 Å². The molecule has 168 valence electrons. The molecule has 0 saturated carbocycles. The third kappa shape index (κ3) is 8.84. The van der Waals surface area contributed by atoms with E-state index in [9.17, 15) is 14.7 Å². The number of carbonyl (C=O) groups excluding carboxylic acids is 2. The van der Waals surface area contributed by atoms with Crippen LogP contribution in [0.2, 0.25) is 0 Å². The van der Waals surface area contributed by atoms with Gasteiger partial charge in [0.25, 0.3) is 0 Å². The zero-order valence-corrected chi connectivity index (χ0v) is 18.7. The van der Waals surface area contributed by atoms with Gasteiger partial charge in [-0.1, -0.05) is 38.1 Å². The monoisotopic (exact) mass is 417 g/mol. The van der Waals surface area contributed by atoms with Gasteiger partial charge in [-0.05, 0) is 43.2 Å². The number of nitrogens with zero attached hydrogens (tertiary/aromatic N) is 2. The van der Waals surface area contributed by atoms with E-state index in [0.29, 0.717) is 25.8 Å². The number of likely N-dealkylation sites (tertiary alicyclic amines) is 1. The number of amides is 2. The summed E-state index contributed by atoms with van der Waals surface area (Å²) in [6.45, 7) is 9.06. The van der Waals surface area contributed by atoms with Gasteiger partial charge in [0.05, 0.1) is 6.10 Å². The van der Waals surface area contributed by atoms with Gasteiger partial charge in [0.2, 0.25) is 11.8 Å². The number of hydrogen-bond donors (Lipinski definition) is 2. The highest BCUT2D eigenvalue weighted by atomic mass is 16.3. The van der Waals surface area contributed by atoms with Gasteiger partial charge in [0.15, 0.2) is 0 Å². The quantitative estimate of drug-likeness (QED) is 0.548. The average Bonchev–Trinajstić information content (AvgIpc) is 2.74. The van der Waals surface area contributed by atoms with Crippen molar-refractivity contribution in [1.29, 1.82) is 0 Å². The van der Waals surface area contributed by atoms with E-state index in [1.807, 2.05) is 4.90 Å². The maximum atomic E-state index is 12.3. The summed E-state index contributed by atoms with van der Waals surface area (Å²) in [5, 5.41) is 12.6. The lowest BCUT2D eigenvalue weighted by atomic mass is 10.1. The van der Waals surface area contributed by atoms with E-state index in [1.165, 1.54) is 5.56 Å². The molecular formula is C24H39N3O3. The van der Waals surface area contributed by atoms with Gasteiger partial charge < -0.3 is 15.3 Å². The van der Waals surface area contributed by atoms with E-state index >= 15 is 0 Å². The molecule has 1 fully saturated rings. The normalized spacial score (nSPS) is 15.2. The van der Waals surface area contributed by atoms with Crippen molar-refractivity contribution >= 4 is 11.8 Å². The average molecular weight is 418 g/mol. The second-order valence-electron chi connectivity index (χ2n) is 8.33. The van der Waals surface area contributed by atoms with Crippen LogP contribution in [0.25, 0.3) is 0 Å². The van der Waals surface area contributed by atoms with E-state index in [4.69, 9.17) is 0 Å². The molecule has 0 atom stereocenters. The molecular weight excluding hydrogens is 378 g/mol. The number of nitrogens with one attached hydrogen (secondary N) is 1. The Balaban J connectivity index is 1.65. The van der Waals surface area contributed by atoms with E-state index in [0.717, 1.165) is 64.0 Å². The van der Waals surface area contributed by atoms with Gasteiger partial charge in [-0.3, -0.25) is 14.5 Å². The molecule has 0 aliphatic carbocycles. The summed E-state index contributed by atoms with van der Waals surface area (Å²) in [5.41, 5.74) is 2.33. The number of benzene rings is 1. The van der Waals surface area contributed by atoms with Crippen LogP contribution in [-0.2, 0) is 22.7 Å². The first-order valence-corrected chi connectivity index (χ1v) is 11.5. The Labute approximate surface area is 181 Å². The summed E-state index contributed by atoms with van der Waals surface area (Å²) in [5.74, 6) is 0.154. The van der Waals surface area contributed by atoms with Crippen LogP contribution in [-0.4, -0.2) is 59.0 Å². The predicted molar refractivity (Wildman–Crippen MR) is 120 cm³/mol. The SMILES string of the molecule is CCCN(CCC)C(=O)CCCC(=O)NCc1ccc(CN2CCC(O)CC2)cc1. The molecule has 2 N–H and O–H groups in total. The summed E-state index contributed by atoms with van der Waals surface area (Å²) in [6, 6.07) is 8.35. The zero-order valence-electron chi connectivity index (χ0n) is 18.7. The fourth-order valence-electron chi connectivity index (χ4n) is 3.85. The first-order chi connectivity index (χ1) is 14.5. The van der Waals surface area contributed by atoms with Gasteiger partial charge >= 0.3 is 0 Å². The lowest BCUT2D eigenvalue weighted by Gasteiger charge is -2.29. The zero-order chi connectivity index (χ0) is 21.8. The highest BCUT2D eigenvalue weighted by molar-refractivity contribution is 5.79. The molecule has 0 radical (unpaired) electrons. The number of carbonyl (C=O) groups is 2. The van der Waals surface area contributed by atoms with Crippen LogP contribution >= 0.6 is 0 Å². The first-order valence-electron chi connectivity index (χ1n) is 11.5. The first kappa shape index (κ1) is 24.4. The van der Waals surface area contributed by atoms with Crippen LogP contribution in [0.1, 0.15) is 69.9 Å². The van der Waals surface area contributed by atoms with Crippen LogP contribution in [0, 0.1) is 0 Å². The van der Waals surface area contributed by atoms with Crippen molar-refractivity contribution in [3.63, 3.8) is 0 Å². The fourth-order valence-corrected chi connectivity index (χ4v) is 3.85. The Hall–Kier alpha value is -1.92. The lowest BCUT2D eigenvalue weighted by molar-refractivity contribution is -0.131. The third-order valence-corrected chi connectivity index (χ3v) is 5.61. The van der Waals surface area contributed by atoms with Crippen molar-refractivity contribution in [3.05, 3.63) is 35.4 Å². The summed E-state index contributed by atoms with van der Waals surface area (Å²) >= 11 is 0. The topological polar surface area (TPSA) is 72.9 Å². The van der Waals surface area contributed by atoms with E-state index in [1.54, 1.807) is 0 Å². The van der Waals surface area contributed by atoms with Crippen LogP contribution < -0.4 is 5.32 Å². The fraction of sp³-hybridized carbons (Fsp3) is 0.667. The Morgan fingerprint density at radius 1 is 1.03 bits per heavy atom. The maximum absolute atomic E-state index is 12.3. The maximum Gasteiger partial charge on any atom is 0.222 e. The molecule has 6 nitrogen and oxygen atoms in total. The van der Waals surface area contributed by atoms with Crippen molar-refractivity contribution < 1.29 is 14.7 Å². The Bertz CT molecular complexity index is 634. The third-order valence-electron chi connectivity index (χ3n) is 5.61. The Kier molecular flexibility index (Phi) is 10.9. The number of aliphatic hydroxyl groups excluding tert-OH is 1. The van der Waals surface area contributed by atoms with Gasteiger partial charge in [0.1, 0.15) is 0 Å². The summed E-state index contributed by atoms with van der Waals surface area (Å²) in [6.07, 6.45) is 4.91. The molecule has 30 heavy (non-hydrogen) atoms. The largest absolute Gasteiger partial charge is 0.393 e. The van der Waals surface area contributed by atoms with Crippen LogP contribution in [0.5, 0.6) is 0 Å². The van der Waals surface area contributed by atoms with Crippen molar-refractivity contribution in [2.75, 3.05) is 26.2 Å². The van der Waals surface area contributed by atoms with E-state index < -0.39 is 0 Å². The highest BCUT2D eigenvalue weighted by Gasteiger charge is 2.17. The molecule has 0 bridgehead atoms. The van der Waals surface area contributed by atoms with Crippen LogP contribution in [0.4, 0.5) is 0 Å². The second-order valence-corrected chi connectivity index (χ2v) is 8.33. The number of hydrogen-bond acceptors (Lipinski definition) is 4. The molecule has 2 amide bonds. The molecule has 1 aromatic rings. The molecule has 0 unspecified atom stereocenters. The minimum absolute atomic E-state index is 0.00344. The highest BCUT2D eigenvalue weighted by Crippen LogP contribution is 2.14. The lowest BCUT2D eigenvalue weighted by Crippen LogP contribution is -2.35. The molecule has 1 aromatic carbocycles. The Morgan fingerprint density at radius 3 is 2.23 bits per heavy atom. The minimum atomic E-state index is -0.142. The van der Waals surface area contributed by atoms with E-state index in [-0.39, 0.29) is 17.9 Å². The summed E-state index contributed by atoms with van der Waals surface area (Å²) in [7, 11) is 0. The molecule has 1 saturated heterocycles. The van der Waals surface area contributed by atoms with Crippen molar-refractivity contribution in [2.24, 2.45) is 0 Å². The second kappa shape index (κ2) is 13.4. The molecule has 2 rings (SSSR count). The number of aliphatic hydroxyl groups is 1. The Morgan fingerprint density at radius 2 is 1.63 bits per heavy atom. The van der Waals surface area contributed by atoms with Gasteiger partial charge in [-0.15, -0.1) is 0 Å². The van der Waals surface area contributed by atoms with Gasteiger partial charge in [-0.25, -0.2) is 0 Å². The van der Waals surface area contributed by atoms with Crippen molar-refractivity contribution in [2.45, 2.75) is 78.0 Å². The molecule has 1 aliphatic heterocycles. The van der Waals surface area contributed by atoms with Gasteiger partial charge in [0, 0.05) is 52.1 Å². The minimum Gasteiger partial charge on any atom is -0.393 e. The standard InChI is InChI=1S/C24H39N3O3/c1-3-14-27(15-4-2)24(30)7-5-6-23(29)25-18-20-8-10-21(11-9-20)19-26-16-12-22(28)13-17-26/h8-11,22,28H,3-7,12-19H2,1-2H3,(H,25,29). The number of rotatable bonds is 12. The molecule has 0 spiro atoms. The molecule has 6 heteroatoms. The molecule has 0 aromatic heterocycles. The summed E-state index contributed by atoms with van der Waals surface area (Å²) < 4.78 is 0. The number of piperidine rings is 1.